The van der Waals surface area contributed by atoms with E-state index < -0.39 is 11.9 Å². The molecular weight excluding hydrogens is 176 g/mol. The number of hydrogen-bond donors (Lipinski definition) is 1. The SMILES string of the molecule is C/C(=C/C(C)C(=O)O)c1ccccc1. The molecule has 1 unspecified atom stereocenters. The molecule has 0 aliphatic heterocycles. The van der Waals surface area contributed by atoms with Crippen molar-refractivity contribution in [3.8, 4) is 0 Å². The van der Waals surface area contributed by atoms with Gasteiger partial charge in [0.15, 0.2) is 0 Å². The molecule has 0 radical (unpaired) electrons. The molecule has 0 aliphatic carbocycles. The number of allylic oxidation sites excluding steroid dienone is 1. The van der Waals surface area contributed by atoms with E-state index in [9.17, 15) is 4.79 Å². The van der Waals surface area contributed by atoms with Gasteiger partial charge in [-0.05, 0) is 25.0 Å². The fraction of sp³-hybridized carbons (Fsp3) is 0.250. The van der Waals surface area contributed by atoms with Gasteiger partial charge in [-0.15, -0.1) is 0 Å². The van der Waals surface area contributed by atoms with Gasteiger partial charge in [-0.2, -0.15) is 0 Å². The van der Waals surface area contributed by atoms with Gasteiger partial charge in [-0.1, -0.05) is 36.4 Å². The van der Waals surface area contributed by atoms with Crippen molar-refractivity contribution < 1.29 is 9.90 Å². The molecule has 1 N–H and O–H groups in total. The molecule has 14 heavy (non-hydrogen) atoms. The number of carboxylic acids is 1. The monoisotopic (exact) mass is 190 g/mol. The summed E-state index contributed by atoms with van der Waals surface area (Å²) >= 11 is 0. The average molecular weight is 190 g/mol. The van der Waals surface area contributed by atoms with Crippen LogP contribution in [0.3, 0.4) is 0 Å². The van der Waals surface area contributed by atoms with Crippen molar-refractivity contribution in [1.29, 1.82) is 0 Å². The first-order chi connectivity index (χ1) is 6.61. The second kappa shape index (κ2) is 4.61. The molecule has 1 aromatic carbocycles. The minimum Gasteiger partial charge on any atom is -0.481 e. The van der Waals surface area contributed by atoms with E-state index >= 15 is 0 Å². The summed E-state index contributed by atoms with van der Waals surface area (Å²) in [5, 5.41) is 8.73. The number of hydrogen-bond acceptors (Lipinski definition) is 1. The third-order valence-corrected chi connectivity index (χ3v) is 2.12. The maximum Gasteiger partial charge on any atom is 0.310 e. The van der Waals surface area contributed by atoms with E-state index in [1.807, 2.05) is 37.3 Å². The third kappa shape index (κ3) is 2.73. The molecule has 74 valence electrons. The van der Waals surface area contributed by atoms with Gasteiger partial charge in [-0.25, -0.2) is 0 Å². The summed E-state index contributed by atoms with van der Waals surface area (Å²) in [7, 11) is 0. The van der Waals surface area contributed by atoms with Crippen molar-refractivity contribution in [2.75, 3.05) is 0 Å². The molecule has 2 heteroatoms. The van der Waals surface area contributed by atoms with E-state index in [1.54, 1.807) is 13.0 Å². The highest BCUT2D eigenvalue weighted by molar-refractivity contribution is 5.75. The molecule has 0 heterocycles. The van der Waals surface area contributed by atoms with Crippen LogP contribution in [0.1, 0.15) is 19.4 Å². The van der Waals surface area contributed by atoms with E-state index in [0.29, 0.717) is 0 Å². The summed E-state index contributed by atoms with van der Waals surface area (Å²) < 4.78 is 0. The summed E-state index contributed by atoms with van der Waals surface area (Å²) in [5.41, 5.74) is 2.07. The zero-order valence-electron chi connectivity index (χ0n) is 8.40. The van der Waals surface area contributed by atoms with Crippen LogP contribution in [0.2, 0.25) is 0 Å². The van der Waals surface area contributed by atoms with E-state index in [4.69, 9.17) is 5.11 Å². The van der Waals surface area contributed by atoms with Crippen molar-refractivity contribution in [2.24, 2.45) is 5.92 Å². The highest BCUT2D eigenvalue weighted by Crippen LogP contribution is 2.15. The smallest absolute Gasteiger partial charge is 0.310 e. The summed E-state index contributed by atoms with van der Waals surface area (Å²) in [5.74, 6) is -1.23. The summed E-state index contributed by atoms with van der Waals surface area (Å²) in [6.07, 6.45) is 1.76. The zero-order chi connectivity index (χ0) is 10.6. The summed E-state index contributed by atoms with van der Waals surface area (Å²) in [4.78, 5) is 10.6. The van der Waals surface area contributed by atoms with Crippen LogP contribution in [0, 0.1) is 5.92 Å². The maximum absolute atomic E-state index is 10.6. The van der Waals surface area contributed by atoms with Crippen molar-refractivity contribution in [1.82, 2.24) is 0 Å². The predicted molar refractivity (Wildman–Crippen MR) is 56.9 cm³/mol. The van der Waals surface area contributed by atoms with Crippen LogP contribution in [-0.4, -0.2) is 11.1 Å². The topological polar surface area (TPSA) is 37.3 Å². The molecule has 0 saturated carbocycles. The number of rotatable bonds is 3. The first-order valence-electron chi connectivity index (χ1n) is 4.58. The number of carbonyl (C=O) groups is 1. The van der Waals surface area contributed by atoms with Crippen LogP contribution in [0.4, 0.5) is 0 Å². The van der Waals surface area contributed by atoms with E-state index in [2.05, 4.69) is 0 Å². The lowest BCUT2D eigenvalue weighted by Crippen LogP contribution is -2.06. The second-order valence-corrected chi connectivity index (χ2v) is 3.34. The zero-order valence-corrected chi connectivity index (χ0v) is 8.40. The lowest BCUT2D eigenvalue weighted by atomic mass is 10.0. The number of carboxylic acid groups (broad SMARTS) is 1. The Labute approximate surface area is 83.9 Å². The normalized spacial score (nSPS) is 13.7. The third-order valence-electron chi connectivity index (χ3n) is 2.12. The Kier molecular flexibility index (Phi) is 3.46. The average Bonchev–Trinajstić information content (AvgIpc) is 2.19. The molecular formula is C12H14O2. The van der Waals surface area contributed by atoms with Gasteiger partial charge in [0.1, 0.15) is 0 Å². The Hall–Kier alpha value is -1.57. The van der Waals surface area contributed by atoms with Gasteiger partial charge >= 0.3 is 5.97 Å². The standard InChI is InChI=1S/C12H14O2/c1-9(8-10(2)12(13)14)11-6-4-3-5-7-11/h3-8,10H,1-2H3,(H,13,14)/b9-8-. The van der Waals surface area contributed by atoms with Crippen molar-refractivity contribution in [3.63, 3.8) is 0 Å². The lowest BCUT2D eigenvalue weighted by molar-refractivity contribution is -0.139. The van der Waals surface area contributed by atoms with Crippen molar-refractivity contribution >= 4 is 11.5 Å². The van der Waals surface area contributed by atoms with Crippen LogP contribution in [-0.2, 0) is 4.79 Å². The van der Waals surface area contributed by atoms with E-state index in [0.717, 1.165) is 11.1 Å². The Balaban J connectivity index is 2.85. The Morgan fingerprint density at radius 1 is 1.36 bits per heavy atom. The Bertz CT molecular complexity index is 339. The summed E-state index contributed by atoms with van der Waals surface area (Å²) in [6.45, 7) is 3.60. The first-order valence-corrected chi connectivity index (χ1v) is 4.58. The number of aliphatic carboxylic acids is 1. The number of benzene rings is 1. The van der Waals surface area contributed by atoms with Gasteiger partial charge in [-0.3, -0.25) is 4.79 Å². The maximum atomic E-state index is 10.6. The Morgan fingerprint density at radius 3 is 2.43 bits per heavy atom. The van der Waals surface area contributed by atoms with E-state index in [1.165, 1.54) is 0 Å². The van der Waals surface area contributed by atoms with Gasteiger partial charge in [0.2, 0.25) is 0 Å². The molecule has 0 bridgehead atoms. The highest BCUT2D eigenvalue weighted by atomic mass is 16.4. The lowest BCUT2D eigenvalue weighted by Gasteiger charge is -2.03. The molecule has 0 saturated heterocycles. The van der Waals surface area contributed by atoms with Crippen molar-refractivity contribution in [2.45, 2.75) is 13.8 Å². The van der Waals surface area contributed by atoms with Gasteiger partial charge in [0, 0.05) is 0 Å². The largest absolute Gasteiger partial charge is 0.481 e. The van der Waals surface area contributed by atoms with Crippen LogP contribution in [0.15, 0.2) is 36.4 Å². The minimum absolute atomic E-state index is 0.435. The van der Waals surface area contributed by atoms with Crippen molar-refractivity contribution in [3.05, 3.63) is 42.0 Å². The molecule has 0 fully saturated rings. The van der Waals surface area contributed by atoms with Crippen LogP contribution >= 0.6 is 0 Å². The van der Waals surface area contributed by atoms with E-state index in [-0.39, 0.29) is 0 Å². The summed E-state index contributed by atoms with van der Waals surface area (Å²) in [6, 6.07) is 9.77. The second-order valence-electron chi connectivity index (χ2n) is 3.34. The van der Waals surface area contributed by atoms with Crippen LogP contribution in [0.25, 0.3) is 5.57 Å². The van der Waals surface area contributed by atoms with Gasteiger partial charge in [0.25, 0.3) is 0 Å². The Morgan fingerprint density at radius 2 is 1.93 bits per heavy atom. The highest BCUT2D eigenvalue weighted by Gasteiger charge is 2.07. The quantitative estimate of drug-likeness (QED) is 0.795. The van der Waals surface area contributed by atoms with Crippen LogP contribution < -0.4 is 0 Å². The molecule has 0 spiro atoms. The fourth-order valence-electron chi connectivity index (χ4n) is 1.24. The van der Waals surface area contributed by atoms with Crippen LogP contribution in [0.5, 0.6) is 0 Å². The molecule has 0 amide bonds. The minimum atomic E-state index is -0.791. The van der Waals surface area contributed by atoms with Gasteiger partial charge < -0.3 is 5.11 Å². The molecule has 0 aromatic heterocycles. The molecule has 1 atom stereocenters. The van der Waals surface area contributed by atoms with Gasteiger partial charge in [0.05, 0.1) is 5.92 Å². The first kappa shape index (κ1) is 10.5. The molecule has 0 aliphatic rings. The molecule has 1 aromatic rings. The molecule has 1 rings (SSSR count). The molecule has 2 nitrogen and oxygen atoms in total. The predicted octanol–water partition coefficient (Wildman–Crippen LogP) is 2.81. The fourth-order valence-corrected chi connectivity index (χ4v) is 1.24.